The van der Waals surface area contributed by atoms with Crippen LogP contribution < -0.4 is 10.2 Å². The van der Waals surface area contributed by atoms with Gasteiger partial charge in [0.15, 0.2) is 5.11 Å². The predicted molar refractivity (Wildman–Crippen MR) is 97.8 cm³/mol. The molecular weight excluding hydrogens is 379 g/mol. The van der Waals surface area contributed by atoms with Crippen molar-refractivity contribution >= 4 is 40.9 Å². The summed E-state index contributed by atoms with van der Waals surface area (Å²) in [5.74, 6) is -1.48. The SMILES string of the molecule is CCn1cccc1/C=C1\C(=O)NC(=S)N(c2cccc(C(F)(F)F)c2)C1=O. The Kier molecular flexibility index (Phi) is 4.88. The first kappa shape index (κ1) is 18.8. The highest BCUT2D eigenvalue weighted by Crippen LogP contribution is 2.32. The third-order valence-electron chi connectivity index (χ3n) is 4.03. The van der Waals surface area contributed by atoms with Gasteiger partial charge in [0.05, 0.1) is 11.3 Å². The Morgan fingerprint density at radius 1 is 1.19 bits per heavy atom. The maximum Gasteiger partial charge on any atom is 0.416 e. The quantitative estimate of drug-likeness (QED) is 0.494. The molecule has 1 aliphatic rings. The highest BCUT2D eigenvalue weighted by atomic mass is 32.1. The van der Waals surface area contributed by atoms with Crippen molar-refractivity contribution in [2.24, 2.45) is 0 Å². The molecule has 2 heterocycles. The summed E-state index contributed by atoms with van der Waals surface area (Å²) in [7, 11) is 0. The molecule has 1 saturated heterocycles. The standard InChI is InChI=1S/C18H14F3N3O2S/c1-2-23-8-4-7-12(23)10-14-15(25)22-17(27)24(16(14)26)13-6-3-5-11(9-13)18(19,20)21/h3-10H,2H2,1H3,(H,22,25,27)/b14-10+. The summed E-state index contributed by atoms with van der Waals surface area (Å²) >= 11 is 5.01. The van der Waals surface area contributed by atoms with E-state index in [1.807, 2.05) is 11.5 Å². The molecule has 1 aliphatic heterocycles. The van der Waals surface area contributed by atoms with E-state index < -0.39 is 23.6 Å². The summed E-state index contributed by atoms with van der Waals surface area (Å²) in [4.78, 5) is 26.0. The van der Waals surface area contributed by atoms with Crippen LogP contribution in [0.15, 0.2) is 48.2 Å². The second kappa shape index (κ2) is 6.99. The van der Waals surface area contributed by atoms with Crippen molar-refractivity contribution < 1.29 is 22.8 Å². The van der Waals surface area contributed by atoms with Crippen LogP contribution in [0.2, 0.25) is 0 Å². The zero-order valence-corrected chi connectivity index (χ0v) is 14.9. The fourth-order valence-electron chi connectivity index (χ4n) is 2.71. The van der Waals surface area contributed by atoms with Crippen LogP contribution in [0.4, 0.5) is 18.9 Å². The van der Waals surface area contributed by atoms with E-state index in [4.69, 9.17) is 12.2 Å². The van der Waals surface area contributed by atoms with Crippen molar-refractivity contribution in [2.45, 2.75) is 19.6 Å². The summed E-state index contributed by atoms with van der Waals surface area (Å²) < 4.78 is 40.8. The lowest BCUT2D eigenvalue weighted by Crippen LogP contribution is -2.54. The van der Waals surface area contributed by atoms with E-state index in [1.165, 1.54) is 18.2 Å². The molecule has 0 saturated carbocycles. The van der Waals surface area contributed by atoms with E-state index in [-0.39, 0.29) is 16.4 Å². The van der Waals surface area contributed by atoms with Crippen molar-refractivity contribution in [3.05, 3.63) is 59.4 Å². The van der Waals surface area contributed by atoms with Crippen molar-refractivity contribution in [1.29, 1.82) is 0 Å². The van der Waals surface area contributed by atoms with Gasteiger partial charge in [0.25, 0.3) is 11.8 Å². The van der Waals surface area contributed by atoms with E-state index in [0.29, 0.717) is 12.2 Å². The summed E-state index contributed by atoms with van der Waals surface area (Å²) in [6.07, 6.45) is -1.39. The Morgan fingerprint density at radius 2 is 1.93 bits per heavy atom. The van der Waals surface area contributed by atoms with Gasteiger partial charge in [0, 0.05) is 18.4 Å². The maximum atomic E-state index is 13.0. The first-order valence-corrected chi connectivity index (χ1v) is 8.37. The minimum Gasteiger partial charge on any atom is -0.348 e. The van der Waals surface area contributed by atoms with E-state index in [1.54, 1.807) is 18.3 Å². The fourth-order valence-corrected chi connectivity index (χ4v) is 2.99. The van der Waals surface area contributed by atoms with Crippen LogP contribution in [0.25, 0.3) is 6.08 Å². The molecule has 1 N–H and O–H groups in total. The number of nitrogens with zero attached hydrogens (tertiary/aromatic N) is 2. The smallest absolute Gasteiger partial charge is 0.348 e. The normalized spacial score (nSPS) is 16.8. The molecule has 0 atom stereocenters. The van der Waals surface area contributed by atoms with E-state index in [9.17, 15) is 22.8 Å². The average molecular weight is 393 g/mol. The van der Waals surface area contributed by atoms with E-state index in [0.717, 1.165) is 17.0 Å². The second-order valence-corrected chi connectivity index (χ2v) is 6.11. The lowest BCUT2D eigenvalue weighted by molar-refractivity contribution is -0.137. The molecule has 0 spiro atoms. The first-order chi connectivity index (χ1) is 12.7. The number of amides is 2. The molecule has 5 nitrogen and oxygen atoms in total. The van der Waals surface area contributed by atoms with Crippen LogP contribution in [0.1, 0.15) is 18.2 Å². The van der Waals surface area contributed by atoms with E-state index in [2.05, 4.69) is 5.32 Å². The highest BCUT2D eigenvalue weighted by molar-refractivity contribution is 7.80. The zero-order chi connectivity index (χ0) is 19.8. The minimum atomic E-state index is -4.57. The number of hydrogen-bond acceptors (Lipinski definition) is 3. The van der Waals surface area contributed by atoms with Crippen molar-refractivity contribution in [1.82, 2.24) is 9.88 Å². The number of carbonyl (C=O) groups excluding carboxylic acids is 2. The minimum absolute atomic E-state index is 0.0726. The molecule has 1 aromatic carbocycles. The molecule has 0 radical (unpaired) electrons. The lowest BCUT2D eigenvalue weighted by atomic mass is 10.1. The topological polar surface area (TPSA) is 54.3 Å². The third kappa shape index (κ3) is 3.63. The number of thiocarbonyl (C=S) groups is 1. The van der Waals surface area contributed by atoms with Crippen molar-refractivity contribution in [3.63, 3.8) is 0 Å². The number of hydrogen-bond donors (Lipinski definition) is 1. The van der Waals surface area contributed by atoms with Gasteiger partial charge in [-0.3, -0.25) is 19.8 Å². The first-order valence-electron chi connectivity index (χ1n) is 7.96. The number of nitrogens with one attached hydrogen (secondary N) is 1. The van der Waals surface area contributed by atoms with E-state index >= 15 is 0 Å². The fraction of sp³-hybridized carbons (Fsp3) is 0.167. The van der Waals surface area contributed by atoms with Gasteiger partial charge in [-0.25, -0.2) is 0 Å². The van der Waals surface area contributed by atoms with Gasteiger partial charge in [0.1, 0.15) is 5.57 Å². The number of aromatic nitrogens is 1. The van der Waals surface area contributed by atoms with Gasteiger partial charge in [-0.2, -0.15) is 13.2 Å². The van der Waals surface area contributed by atoms with Crippen molar-refractivity contribution in [2.75, 3.05) is 4.90 Å². The molecule has 0 bridgehead atoms. The molecule has 1 aromatic heterocycles. The number of halogens is 3. The molecule has 140 valence electrons. The van der Waals surface area contributed by atoms with Crippen LogP contribution in [-0.4, -0.2) is 21.5 Å². The summed E-state index contributed by atoms with van der Waals surface area (Å²) in [5, 5.41) is 2.08. The number of rotatable bonds is 3. The Balaban J connectivity index is 2.03. The molecule has 2 amide bonds. The van der Waals surface area contributed by atoms with Crippen LogP contribution in [0.5, 0.6) is 0 Å². The zero-order valence-electron chi connectivity index (χ0n) is 14.1. The summed E-state index contributed by atoms with van der Waals surface area (Å²) in [6.45, 7) is 2.52. The van der Waals surface area contributed by atoms with Gasteiger partial charge in [0.2, 0.25) is 0 Å². The van der Waals surface area contributed by atoms with Crippen LogP contribution in [0.3, 0.4) is 0 Å². The highest BCUT2D eigenvalue weighted by Gasteiger charge is 2.36. The average Bonchev–Trinajstić information content (AvgIpc) is 3.05. The Bertz CT molecular complexity index is 963. The summed E-state index contributed by atoms with van der Waals surface area (Å²) in [6, 6.07) is 7.69. The molecule has 1 fully saturated rings. The largest absolute Gasteiger partial charge is 0.416 e. The molecule has 2 aromatic rings. The molecule has 0 aliphatic carbocycles. The van der Waals surface area contributed by atoms with Gasteiger partial charge < -0.3 is 4.57 Å². The molecule has 0 unspecified atom stereocenters. The second-order valence-electron chi connectivity index (χ2n) is 5.73. The van der Waals surface area contributed by atoms with Gasteiger partial charge in [-0.15, -0.1) is 0 Å². The van der Waals surface area contributed by atoms with Crippen LogP contribution in [0, 0.1) is 0 Å². The predicted octanol–water partition coefficient (Wildman–Crippen LogP) is 3.36. The van der Waals surface area contributed by atoms with Gasteiger partial charge in [-0.1, -0.05) is 6.07 Å². The lowest BCUT2D eigenvalue weighted by Gasteiger charge is -2.29. The molecule has 9 heteroatoms. The van der Waals surface area contributed by atoms with Crippen LogP contribution in [-0.2, 0) is 22.3 Å². The summed E-state index contributed by atoms with van der Waals surface area (Å²) in [5.41, 5.74) is -0.586. The van der Waals surface area contributed by atoms with Gasteiger partial charge in [-0.05, 0) is 55.5 Å². The monoisotopic (exact) mass is 393 g/mol. The number of carbonyl (C=O) groups is 2. The number of anilines is 1. The maximum absolute atomic E-state index is 13.0. The number of benzene rings is 1. The number of alkyl halides is 3. The van der Waals surface area contributed by atoms with Gasteiger partial charge >= 0.3 is 6.18 Å². The third-order valence-corrected chi connectivity index (χ3v) is 4.32. The van der Waals surface area contributed by atoms with Crippen LogP contribution >= 0.6 is 12.2 Å². The molecule has 27 heavy (non-hydrogen) atoms. The number of aryl methyl sites for hydroxylation is 1. The van der Waals surface area contributed by atoms with Crippen molar-refractivity contribution in [3.8, 4) is 0 Å². The Labute approximate surface area is 158 Å². The Hall–Kier alpha value is -2.94. The Morgan fingerprint density at radius 3 is 2.59 bits per heavy atom. The molecular formula is C18H14F3N3O2S. The molecule has 3 rings (SSSR count).